The van der Waals surface area contributed by atoms with E-state index < -0.39 is 59.9 Å². The Morgan fingerprint density at radius 3 is 2.28 bits per heavy atom. The van der Waals surface area contributed by atoms with Gasteiger partial charge in [-0.3, -0.25) is 4.79 Å². The van der Waals surface area contributed by atoms with Crippen molar-refractivity contribution in [2.45, 2.75) is 161 Å². The third-order valence-corrected chi connectivity index (χ3v) is 15.3. The number of hydrogen-bond donors (Lipinski definition) is 5. The zero-order valence-electron chi connectivity index (χ0n) is 29.5. The molecule has 0 radical (unpaired) electrons. The molecular formula is C37H58O10. The molecule has 4 saturated carbocycles. The van der Waals surface area contributed by atoms with Crippen LogP contribution in [0.15, 0.2) is 11.3 Å². The SMILES string of the molecule is CC(=O)O[C@@H]([C@H]1C[C@@H](C)C2=C(O1)[C@H](O)[C@@]1(C)[C@@H]3CC[C@H]4C(C)(C)[C@@H](O[C@@H]5OC[C@@H](O)[C@H](O)[C@H]5O)CC[C@@]45C[C@@]35CC[C@]21C)C(C)(C)O. The molecule has 2 heterocycles. The lowest BCUT2D eigenvalue weighted by atomic mass is 9.41. The van der Waals surface area contributed by atoms with Gasteiger partial charge in [0.2, 0.25) is 0 Å². The van der Waals surface area contributed by atoms with Gasteiger partial charge < -0.3 is 44.5 Å². The van der Waals surface area contributed by atoms with E-state index in [0.717, 1.165) is 44.9 Å². The quantitative estimate of drug-likeness (QED) is 0.218. The van der Waals surface area contributed by atoms with Crippen LogP contribution in [0.4, 0.5) is 0 Å². The molecule has 47 heavy (non-hydrogen) atoms. The highest BCUT2D eigenvalue weighted by Crippen LogP contribution is 2.89. The van der Waals surface area contributed by atoms with E-state index >= 15 is 0 Å². The zero-order valence-corrected chi connectivity index (χ0v) is 29.5. The maximum atomic E-state index is 12.5. The summed E-state index contributed by atoms with van der Waals surface area (Å²) in [5, 5.41) is 54.3. The number of hydrogen-bond acceptors (Lipinski definition) is 10. The van der Waals surface area contributed by atoms with Crippen molar-refractivity contribution in [1.29, 1.82) is 0 Å². The first-order valence-corrected chi connectivity index (χ1v) is 18.1. The highest BCUT2D eigenvalue weighted by molar-refractivity contribution is 5.66. The second-order valence-corrected chi connectivity index (χ2v) is 18.2. The maximum Gasteiger partial charge on any atom is 0.303 e. The van der Waals surface area contributed by atoms with Gasteiger partial charge in [-0.25, -0.2) is 0 Å². The van der Waals surface area contributed by atoms with Gasteiger partial charge in [0.1, 0.15) is 36.3 Å². The van der Waals surface area contributed by atoms with E-state index in [-0.39, 0.29) is 40.3 Å². The standard InChI is InChI=1S/C37H58O10/c1-18-15-21(30(33(5,6)43)45-19(2)38)46-28-25(18)34(7)13-14-37-17-36(37)12-11-24(47-31-27(41)26(40)20(39)16-44-31)32(3,4)22(36)9-10-23(37)35(34,8)29(28)42/h18,20-24,26-27,29-31,39-43H,9-17H2,1-8H3/t18-,20-,21-,22+,23+,24+,26+,27-,29+,30+,31+,34-,35-,36-,37+/m1/s1. The van der Waals surface area contributed by atoms with Gasteiger partial charge in [0, 0.05) is 17.8 Å². The molecule has 7 rings (SSSR count). The smallest absolute Gasteiger partial charge is 0.303 e. The minimum Gasteiger partial charge on any atom is -0.488 e. The number of carbonyl (C=O) groups is 1. The highest BCUT2D eigenvalue weighted by atomic mass is 16.7. The van der Waals surface area contributed by atoms with Crippen LogP contribution in [0.5, 0.6) is 0 Å². The Hall–Kier alpha value is -1.27. The summed E-state index contributed by atoms with van der Waals surface area (Å²) in [6, 6.07) is 0. The molecule has 0 aromatic rings. The first kappa shape index (κ1) is 34.2. The number of aliphatic hydroxyl groups excluding tert-OH is 4. The molecule has 0 aromatic carbocycles. The number of fused-ring (bicyclic) bond motifs is 3. The van der Waals surface area contributed by atoms with Gasteiger partial charge >= 0.3 is 5.97 Å². The van der Waals surface area contributed by atoms with Gasteiger partial charge in [-0.1, -0.05) is 34.6 Å². The fourth-order valence-electron chi connectivity index (χ4n) is 13.0. The van der Waals surface area contributed by atoms with Crippen molar-refractivity contribution < 1.29 is 49.3 Å². The Balaban J connectivity index is 1.15. The van der Waals surface area contributed by atoms with E-state index in [4.69, 9.17) is 18.9 Å². The number of allylic oxidation sites excluding steroid dienone is 1. The van der Waals surface area contributed by atoms with Crippen LogP contribution >= 0.6 is 0 Å². The maximum absolute atomic E-state index is 12.5. The molecule has 0 bridgehead atoms. The Bertz CT molecular complexity index is 1320. The fourth-order valence-corrected chi connectivity index (χ4v) is 13.0. The first-order chi connectivity index (χ1) is 21.8. The van der Waals surface area contributed by atoms with Crippen molar-refractivity contribution in [2.75, 3.05) is 6.61 Å². The summed E-state index contributed by atoms with van der Waals surface area (Å²) >= 11 is 0. The van der Waals surface area contributed by atoms with E-state index in [0.29, 0.717) is 24.0 Å². The van der Waals surface area contributed by atoms with Crippen molar-refractivity contribution in [2.24, 2.45) is 44.8 Å². The second-order valence-electron chi connectivity index (χ2n) is 18.2. The third-order valence-electron chi connectivity index (χ3n) is 15.3. The summed E-state index contributed by atoms with van der Waals surface area (Å²) in [5.74, 6) is 1.00. The monoisotopic (exact) mass is 662 g/mol. The normalized spacial score (nSPS) is 52.2. The second kappa shape index (κ2) is 10.6. The van der Waals surface area contributed by atoms with Crippen molar-refractivity contribution in [3.05, 3.63) is 11.3 Å². The molecule has 2 spiro atoms. The number of rotatable bonds is 5. The van der Waals surface area contributed by atoms with Crippen molar-refractivity contribution in [3.8, 4) is 0 Å². The van der Waals surface area contributed by atoms with E-state index in [2.05, 4.69) is 34.6 Å². The predicted octanol–water partition coefficient (Wildman–Crippen LogP) is 3.60. The van der Waals surface area contributed by atoms with Crippen LogP contribution < -0.4 is 0 Å². The molecule has 0 aromatic heterocycles. The Kier molecular flexibility index (Phi) is 7.73. The summed E-state index contributed by atoms with van der Waals surface area (Å²) < 4.78 is 24.4. The van der Waals surface area contributed by atoms with Gasteiger partial charge in [-0.15, -0.1) is 0 Å². The molecule has 15 atom stereocenters. The van der Waals surface area contributed by atoms with Gasteiger partial charge in [0.25, 0.3) is 0 Å². The topological polar surface area (TPSA) is 155 Å². The Morgan fingerprint density at radius 1 is 0.957 bits per heavy atom. The van der Waals surface area contributed by atoms with Crippen LogP contribution in [0, 0.1) is 44.8 Å². The molecule has 0 amide bonds. The van der Waals surface area contributed by atoms with Crippen molar-refractivity contribution in [3.63, 3.8) is 0 Å². The molecule has 5 N–H and O–H groups in total. The fraction of sp³-hybridized carbons (Fsp3) is 0.919. The van der Waals surface area contributed by atoms with E-state index in [1.165, 1.54) is 12.5 Å². The number of ether oxygens (including phenoxy) is 4. The molecule has 1 saturated heterocycles. The minimum absolute atomic E-state index is 0.0723. The molecule has 10 heteroatoms. The van der Waals surface area contributed by atoms with Gasteiger partial charge in [-0.2, -0.15) is 0 Å². The molecule has 0 unspecified atom stereocenters. The number of esters is 1. The number of aliphatic hydroxyl groups is 5. The number of carbonyl (C=O) groups excluding carboxylic acids is 1. The summed E-state index contributed by atoms with van der Waals surface area (Å²) in [5.41, 5.74) is -0.669. The van der Waals surface area contributed by atoms with E-state index in [9.17, 15) is 30.3 Å². The summed E-state index contributed by atoms with van der Waals surface area (Å²) in [4.78, 5) is 12.0. The average molecular weight is 663 g/mol. The van der Waals surface area contributed by atoms with Crippen LogP contribution in [0.25, 0.3) is 0 Å². The minimum atomic E-state index is -1.31. The predicted molar refractivity (Wildman–Crippen MR) is 170 cm³/mol. The summed E-state index contributed by atoms with van der Waals surface area (Å²) in [7, 11) is 0. The van der Waals surface area contributed by atoms with Crippen LogP contribution in [0.1, 0.15) is 107 Å². The lowest BCUT2D eigenvalue weighted by Crippen LogP contribution is -2.61. The lowest BCUT2D eigenvalue weighted by Gasteiger charge is -2.63. The molecule has 7 aliphatic rings. The summed E-state index contributed by atoms with van der Waals surface area (Å²) in [6.07, 6.45) is 0.627. The average Bonchev–Trinajstić information content (AvgIpc) is 3.61. The third kappa shape index (κ3) is 4.43. The molecule has 5 aliphatic carbocycles. The van der Waals surface area contributed by atoms with Crippen molar-refractivity contribution in [1.82, 2.24) is 0 Å². The zero-order chi connectivity index (χ0) is 34.3. The molecule has 5 fully saturated rings. The summed E-state index contributed by atoms with van der Waals surface area (Å²) in [6.45, 7) is 16.0. The van der Waals surface area contributed by atoms with E-state index in [1.54, 1.807) is 13.8 Å². The molecule has 266 valence electrons. The largest absolute Gasteiger partial charge is 0.488 e. The molecule has 10 nitrogen and oxygen atoms in total. The molecule has 2 aliphatic heterocycles. The van der Waals surface area contributed by atoms with Crippen molar-refractivity contribution >= 4 is 5.97 Å². The van der Waals surface area contributed by atoms with Gasteiger partial charge in [0.05, 0.1) is 18.3 Å². The Morgan fingerprint density at radius 2 is 1.62 bits per heavy atom. The van der Waals surface area contributed by atoms with Gasteiger partial charge in [-0.05, 0) is 105 Å². The van der Waals surface area contributed by atoms with E-state index in [1.807, 2.05) is 0 Å². The van der Waals surface area contributed by atoms with Crippen LogP contribution in [-0.4, -0.2) is 92.7 Å². The first-order valence-electron chi connectivity index (χ1n) is 18.1. The Labute approximate surface area is 279 Å². The van der Waals surface area contributed by atoms with Gasteiger partial charge in [0.15, 0.2) is 12.4 Å². The van der Waals surface area contributed by atoms with Crippen LogP contribution in [-0.2, 0) is 23.7 Å². The highest BCUT2D eigenvalue weighted by Gasteiger charge is 2.83. The van der Waals surface area contributed by atoms with Crippen LogP contribution in [0.2, 0.25) is 0 Å². The van der Waals surface area contributed by atoms with Crippen LogP contribution in [0.3, 0.4) is 0 Å². The lowest BCUT2D eigenvalue weighted by molar-refractivity contribution is -0.303. The molecular weight excluding hydrogens is 604 g/mol.